The number of hydrogen-bond acceptors (Lipinski definition) is 3. The fraction of sp³-hybridized carbons (Fsp3) is 0.842. The molecular formula is C19H34N2O3. The van der Waals surface area contributed by atoms with Gasteiger partial charge in [0.05, 0.1) is 0 Å². The number of amides is 4. The first-order chi connectivity index (χ1) is 11.5. The lowest BCUT2D eigenvalue weighted by atomic mass is 9.75. The van der Waals surface area contributed by atoms with E-state index in [9.17, 15) is 14.4 Å². The maximum atomic E-state index is 13.1. The smallest absolute Gasteiger partial charge is 0.273 e. The zero-order valence-corrected chi connectivity index (χ0v) is 15.9. The van der Waals surface area contributed by atoms with E-state index in [1.807, 2.05) is 20.8 Å². The third-order valence-corrected chi connectivity index (χ3v) is 5.05. The van der Waals surface area contributed by atoms with Gasteiger partial charge in [-0.15, -0.1) is 0 Å². The minimum atomic E-state index is -1.04. The maximum Gasteiger partial charge on any atom is 0.333 e. The first-order valence-corrected chi connectivity index (χ1v) is 9.67. The second-order valence-corrected chi connectivity index (χ2v) is 6.80. The number of hydrogen-bond donors (Lipinski definition) is 0. The lowest BCUT2D eigenvalue weighted by Crippen LogP contribution is -2.65. The average molecular weight is 338 g/mol. The summed E-state index contributed by atoms with van der Waals surface area (Å²) in [5, 5.41) is 0. The second-order valence-electron chi connectivity index (χ2n) is 6.80. The van der Waals surface area contributed by atoms with Gasteiger partial charge in [-0.1, -0.05) is 59.8 Å². The van der Waals surface area contributed by atoms with Gasteiger partial charge in [-0.05, 0) is 25.7 Å². The topological polar surface area (TPSA) is 57.7 Å². The minimum absolute atomic E-state index is 0.266. The van der Waals surface area contributed by atoms with Crippen molar-refractivity contribution in [3.8, 4) is 0 Å². The van der Waals surface area contributed by atoms with Crippen molar-refractivity contribution in [3.63, 3.8) is 0 Å². The molecule has 0 aromatic carbocycles. The molecule has 0 atom stereocenters. The molecule has 1 aliphatic heterocycles. The molecule has 0 aliphatic carbocycles. The van der Waals surface area contributed by atoms with Crippen LogP contribution in [0.5, 0.6) is 0 Å². The van der Waals surface area contributed by atoms with E-state index >= 15 is 0 Å². The molecule has 5 nitrogen and oxygen atoms in total. The highest BCUT2D eigenvalue weighted by atomic mass is 16.2. The molecule has 1 aliphatic rings. The molecule has 0 unspecified atom stereocenters. The summed E-state index contributed by atoms with van der Waals surface area (Å²) < 4.78 is 0. The van der Waals surface area contributed by atoms with Gasteiger partial charge in [0.1, 0.15) is 5.41 Å². The summed E-state index contributed by atoms with van der Waals surface area (Å²) >= 11 is 0. The number of unbranched alkanes of at least 4 members (excludes halogenated alkanes) is 4. The van der Waals surface area contributed by atoms with Crippen molar-refractivity contribution < 1.29 is 14.4 Å². The summed E-state index contributed by atoms with van der Waals surface area (Å²) in [6.45, 7) is 8.90. The molecule has 0 spiro atoms. The predicted octanol–water partition coefficient (Wildman–Crippen LogP) is 4.35. The van der Waals surface area contributed by atoms with Crippen LogP contribution in [-0.4, -0.2) is 40.7 Å². The maximum absolute atomic E-state index is 13.1. The van der Waals surface area contributed by atoms with Crippen LogP contribution in [0.1, 0.15) is 85.5 Å². The Kier molecular flexibility index (Phi) is 8.43. The Hall–Kier alpha value is -1.39. The fourth-order valence-corrected chi connectivity index (χ4v) is 3.32. The quantitative estimate of drug-likeness (QED) is 0.415. The lowest BCUT2D eigenvalue weighted by Gasteiger charge is -2.44. The number of imide groups is 2. The van der Waals surface area contributed by atoms with Crippen molar-refractivity contribution in [3.05, 3.63) is 0 Å². The third-order valence-electron chi connectivity index (χ3n) is 5.05. The van der Waals surface area contributed by atoms with Gasteiger partial charge >= 0.3 is 6.03 Å². The first-order valence-electron chi connectivity index (χ1n) is 9.67. The molecule has 1 saturated heterocycles. The fourth-order valence-electron chi connectivity index (χ4n) is 3.32. The van der Waals surface area contributed by atoms with Gasteiger partial charge in [-0.25, -0.2) is 4.79 Å². The van der Waals surface area contributed by atoms with E-state index in [4.69, 9.17) is 0 Å². The second kappa shape index (κ2) is 9.80. The van der Waals surface area contributed by atoms with E-state index in [0.717, 1.165) is 44.9 Å². The van der Waals surface area contributed by atoms with Crippen LogP contribution in [-0.2, 0) is 9.59 Å². The molecule has 0 bridgehead atoms. The standard InChI is InChI=1S/C19H34N2O3/c1-5-9-12-13-19(8-4)16(22)20(14-10-6-2)18(24)21(17(19)23)15-11-7-3/h5-15H2,1-4H3. The van der Waals surface area contributed by atoms with Crippen molar-refractivity contribution in [1.82, 2.24) is 9.80 Å². The van der Waals surface area contributed by atoms with E-state index in [2.05, 4.69) is 6.92 Å². The molecular weight excluding hydrogens is 304 g/mol. The molecule has 24 heavy (non-hydrogen) atoms. The normalized spacial score (nSPS) is 17.8. The van der Waals surface area contributed by atoms with Crippen LogP contribution in [0.15, 0.2) is 0 Å². The van der Waals surface area contributed by atoms with Crippen molar-refractivity contribution in [2.75, 3.05) is 13.1 Å². The number of nitrogens with zero attached hydrogens (tertiary/aromatic N) is 2. The SMILES string of the molecule is CCCCCC1(CC)C(=O)N(CCCC)C(=O)N(CCCC)C1=O. The van der Waals surface area contributed by atoms with Gasteiger partial charge in [-0.2, -0.15) is 0 Å². The van der Waals surface area contributed by atoms with Crippen LogP contribution in [0, 0.1) is 5.41 Å². The highest BCUT2D eigenvalue weighted by molar-refractivity contribution is 6.19. The summed E-state index contributed by atoms with van der Waals surface area (Å²) in [4.78, 5) is 41.5. The van der Waals surface area contributed by atoms with Gasteiger partial charge in [0.15, 0.2) is 0 Å². The molecule has 0 radical (unpaired) electrons. The molecule has 1 rings (SSSR count). The van der Waals surface area contributed by atoms with Crippen molar-refractivity contribution in [2.45, 2.75) is 85.5 Å². The molecule has 5 heteroatoms. The molecule has 138 valence electrons. The highest BCUT2D eigenvalue weighted by Gasteiger charge is 2.55. The Balaban J connectivity index is 3.14. The van der Waals surface area contributed by atoms with Crippen LogP contribution < -0.4 is 0 Å². The number of barbiturate groups is 1. The van der Waals surface area contributed by atoms with E-state index in [-0.39, 0.29) is 11.8 Å². The van der Waals surface area contributed by atoms with Gasteiger partial charge in [0.25, 0.3) is 0 Å². The zero-order valence-electron chi connectivity index (χ0n) is 15.9. The van der Waals surface area contributed by atoms with Crippen LogP contribution in [0.3, 0.4) is 0 Å². The Morgan fingerprint density at radius 3 is 1.54 bits per heavy atom. The Bertz CT molecular complexity index is 418. The van der Waals surface area contributed by atoms with Crippen molar-refractivity contribution in [2.24, 2.45) is 5.41 Å². The van der Waals surface area contributed by atoms with Crippen LogP contribution >= 0.6 is 0 Å². The van der Waals surface area contributed by atoms with E-state index in [1.165, 1.54) is 9.80 Å². The Morgan fingerprint density at radius 2 is 1.17 bits per heavy atom. The zero-order chi connectivity index (χ0) is 18.2. The molecule has 0 aromatic rings. The van der Waals surface area contributed by atoms with Crippen LogP contribution in [0.4, 0.5) is 4.79 Å². The molecule has 0 saturated carbocycles. The molecule has 4 amide bonds. The summed E-state index contributed by atoms with van der Waals surface area (Å²) in [5.74, 6) is -0.533. The third kappa shape index (κ3) is 4.17. The summed E-state index contributed by atoms with van der Waals surface area (Å²) in [5.41, 5.74) is -1.04. The van der Waals surface area contributed by atoms with Gasteiger partial charge < -0.3 is 0 Å². The van der Waals surface area contributed by atoms with Gasteiger partial charge in [-0.3, -0.25) is 19.4 Å². The molecule has 1 fully saturated rings. The van der Waals surface area contributed by atoms with Crippen LogP contribution in [0.25, 0.3) is 0 Å². The van der Waals surface area contributed by atoms with Gasteiger partial charge in [0, 0.05) is 13.1 Å². The minimum Gasteiger partial charge on any atom is -0.273 e. The lowest BCUT2D eigenvalue weighted by molar-refractivity contribution is -0.160. The monoisotopic (exact) mass is 338 g/mol. The van der Waals surface area contributed by atoms with E-state index in [0.29, 0.717) is 25.9 Å². The summed E-state index contributed by atoms with van der Waals surface area (Å²) in [6.07, 6.45) is 7.29. The first kappa shape index (κ1) is 20.7. The van der Waals surface area contributed by atoms with Crippen LogP contribution in [0.2, 0.25) is 0 Å². The van der Waals surface area contributed by atoms with Gasteiger partial charge in [0.2, 0.25) is 11.8 Å². The molecule has 0 aromatic heterocycles. The molecule has 0 N–H and O–H groups in total. The highest BCUT2D eigenvalue weighted by Crippen LogP contribution is 2.38. The van der Waals surface area contributed by atoms with E-state index in [1.54, 1.807) is 0 Å². The number of carbonyl (C=O) groups excluding carboxylic acids is 3. The average Bonchev–Trinajstić information content (AvgIpc) is 2.58. The molecule has 1 heterocycles. The van der Waals surface area contributed by atoms with E-state index < -0.39 is 11.4 Å². The summed E-state index contributed by atoms with van der Waals surface area (Å²) in [7, 11) is 0. The van der Waals surface area contributed by atoms with Crippen molar-refractivity contribution >= 4 is 17.8 Å². The largest absolute Gasteiger partial charge is 0.333 e. The number of rotatable bonds is 11. The Labute approximate surface area is 146 Å². The number of urea groups is 1. The Morgan fingerprint density at radius 1 is 0.708 bits per heavy atom. The number of carbonyl (C=O) groups is 3. The summed E-state index contributed by atoms with van der Waals surface area (Å²) in [6, 6.07) is -0.411. The predicted molar refractivity (Wildman–Crippen MR) is 95.5 cm³/mol. The van der Waals surface area contributed by atoms with Crippen molar-refractivity contribution in [1.29, 1.82) is 0 Å².